The van der Waals surface area contributed by atoms with Crippen molar-refractivity contribution in [2.45, 2.75) is 6.54 Å². The van der Waals surface area contributed by atoms with E-state index in [1.54, 1.807) is 12.3 Å². The third-order valence-electron chi connectivity index (χ3n) is 3.96. The molecule has 1 N–H and O–H groups in total. The average Bonchev–Trinajstić information content (AvgIpc) is 3.34. The van der Waals surface area contributed by atoms with Gasteiger partial charge < -0.3 is 9.88 Å². The molecule has 0 aliphatic carbocycles. The summed E-state index contributed by atoms with van der Waals surface area (Å²) in [4.78, 5) is 31.7. The number of imidazole rings is 1. The van der Waals surface area contributed by atoms with Crippen LogP contribution in [0.15, 0.2) is 61.2 Å². The Morgan fingerprint density at radius 1 is 1.26 bits per heavy atom. The van der Waals surface area contributed by atoms with Gasteiger partial charge >= 0.3 is 0 Å². The van der Waals surface area contributed by atoms with Crippen molar-refractivity contribution in [3.8, 4) is 5.69 Å². The van der Waals surface area contributed by atoms with Gasteiger partial charge in [0.05, 0.1) is 28.0 Å². The van der Waals surface area contributed by atoms with Crippen LogP contribution in [0.4, 0.5) is 5.69 Å². The first-order valence-electron chi connectivity index (χ1n) is 8.01. The number of nitro groups is 1. The first-order chi connectivity index (χ1) is 13.1. The van der Waals surface area contributed by atoms with Crippen LogP contribution < -0.4 is 5.32 Å². The highest BCUT2D eigenvalue weighted by Gasteiger charge is 2.19. The largest absolute Gasteiger partial charge is 0.346 e. The molecule has 27 heavy (non-hydrogen) atoms. The summed E-state index contributed by atoms with van der Waals surface area (Å²) in [7, 11) is 0. The summed E-state index contributed by atoms with van der Waals surface area (Å²) in [5, 5.41) is 14.9. The number of thiazole rings is 1. The predicted molar refractivity (Wildman–Crippen MR) is 101 cm³/mol. The molecule has 9 heteroatoms. The number of nitro benzene ring substituents is 1. The Morgan fingerprint density at radius 2 is 2.11 bits per heavy atom. The van der Waals surface area contributed by atoms with E-state index in [0.29, 0.717) is 5.69 Å². The monoisotopic (exact) mass is 379 g/mol. The molecule has 0 saturated heterocycles. The summed E-state index contributed by atoms with van der Waals surface area (Å²) >= 11 is 1.50. The highest BCUT2D eigenvalue weighted by Crippen LogP contribution is 2.25. The van der Waals surface area contributed by atoms with Crippen molar-refractivity contribution in [3.63, 3.8) is 0 Å². The maximum Gasteiger partial charge on any atom is 0.294 e. The lowest BCUT2D eigenvalue weighted by atomic mass is 10.1. The van der Waals surface area contributed by atoms with Crippen LogP contribution in [0.3, 0.4) is 0 Å². The van der Waals surface area contributed by atoms with Gasteiger partial charge in [0, 0.05) is 24.0 Å². The summed E-state index contributed by atoms with van der Waals surface area (Å²) < 4.78 is 2.57. The predicted octanol–water partition coefficient (Wildman–Crippen LogP) is 3.32. The fourth-order valence-corrected chi connectivity index (χ4v) is 3.59. The van der Waals surface area contributed by atoms with Crippen LogP contribution in [0.2, 0.25) is 0 Å². The summed E-state index contributed by atoms with van der Waals surface area (Å²) in [6, 6.07) is 12.1. The minimum atomic E-state index is -0.514. The van der Waals surface area contributed by atoms with Crippen molar-refractivity contribution in [2.24, 2.45) is 0 Å². The number of nitrogens with zero attached hydrogens (tertiary/aromatic N) is 4. The van der Waals surface area contributed by atoms with Gasteiger partial charge in [0.25, 0.3) is 11.6 Å². The molecule has 4 rings (SSSR count). The van der Waals surface area contributed by atoms with E-state index < -0.39 is 10.8 Å². The molecule has 0 aliphatic heterocycles. The molecule has 1 amide bonds. The number of fused-ring (bicyclic) bond motifs is 1. The van der Waals surface area contributed by atoms with Crippen LogP contribution in [-0.4, -0.2) is 25.4 Å². The highest BCUT2D eigenvalue weighted by molar-refractivity contribution is 7.18. The molecule has 134 valence electrons. The molecular weight excluding hydrogens is 366 g/mol. The van der Waals surface area contributed by atoms with E-state index in [9.17, 15) is 14.9 Å². The fourth-order valence-electron chi connectivity index (χ4n) is 2.68. The normalized spacial score (nSPS) is 10.8. The highest BCUT2D eigenvalue weighted by atomic mass is 32.1. The maximum atomic E-state index is 12.4. The van der Waals surface area contributed by atoms with E-state index in [-0.39, 0.29) is 17.8 Å². The van der Waals surface area contributed by atoms with E-state index in [0.717, 1.165) is 15.2 Å². The number of carbonyl (C=O) groups excluding carboxylic acids is 1. The second kappa shape index (κ2) is 6.96. The van der Waals surface area contributed by atoms with Gasteiger partial charge in [-0.15, -0.1) is 11.3 Å². The Balaban J connectivity index is 1.54. The number of aromatic nitrogens is 3. The number of amides is 1. The molecular formula is C18H13N5O3S. The number of rotatable bonds is 5. The average molecular weight is 379 g/mol. The second-order valence-electron chi connectivity index (χ2n) is 5.69. The lowest BCUT2D eigenvalue weighted by Crippen LogP contribution is -2.22. The molecule has 0 aliphatic rings. The maximum absolute atomic E-state index is 12.4. The summed E-state index contributed by atoms with van der Waals surface area (Å²) in [5.74, 6) is -0.394. The van der Waals surface area contributed by atoms with Gasteiger partial charge in [-0.05, 0) is 24.3 Å². The lowest BCUT2D eigenvalue weighted by molar-refractivity contribution is -0.384. The van der Waals surface area contributed by atoms with Crippen molar-refractivity contribution >= 4 is 33.1 Å². The molecule has 8 nitrogen and oxygen atoms in total. The summed E-state index contributed by atoms with van der Waals surface area (Å²) in [6.45, 7) is 0.259. The van der Waals surface area contributed by atoms with E-state index in [4.69, 9.17) is 0 Å². The number of hydrogen-bond acceptors (Lipinski definition) is 6. The third kappa shape index (κ3) is 3.40. The first-order valence-corrected chi connectivity index (χ1v) is 8.83. The quantitative estimate of drug-likeness (QED) is 0.423. The standard InChI is InChI=1S/C18H13N5O3S/c24-18(20-10-17-21-13-3-1-2-4-16(13)27-17)12-5-6-14(15(9-12)23(25)26)22-8-7-19-11-22/h1-9,11H,10H2,(H,20,24). The zero-order chi connectivity index (χ0) is 18.8. The van der Waals surface area contributed by atoms with Crippen molar-refractivity contribution in [1.82, 2.24) is 19.9 Å². The smallest absolute Gasteiger partial charge is 0.294 e. The molecule has 2 heterocycles. The molecule has 2 aromatic heterocycles. The number of benzene rings is 2. The Morgan fingerprint density at radius 3 is 2.85 bits per heavy atom. The Labute approximate surface area is 157 Å². The SMILES string of the molecule is O=C(NCc1nc2ccccc2s1)c1ccc(-n2ccnc2)c([N+](=O)[O-])c1. The van der Waals surface area contributed by atoms with Crippen LogP contribution in [0, 0.1) is 10.1 Å². The van der Waals surface area contributed by atoms with Gasteiger partial charge in [0.15, 0.2) is 0 Å². The minimum Gasteiger partial charge on any atom is -0.346 e. The molecule has 0 unspecified atom stereocenters. The van der Waals surface area contributed by atoms with Gasteiger partial charge in [0.2, 0.25) is 0 Å². The van der Waals surface area contributed by atoms with Gasteiger partial charge in [-0.25, -0.2) is 9.97 Å². The van der Waals surface area contributed by atoms with Gasteiger partial charge in [-0.1, -0.05) is 12.1 Å². The molecule has 0 atom stereocenters. The van der Waals surface area contributed by atoms with Gasteiger partial charge in [0.1, 0.15) is 10.7 Å². The summed E-state index contributed by atoms with van der Waals surface area (Å²) in [5.41, 5.74) is 1.28. The fraction of sp³-hybridized carbons (Fsp3) is 0.0556. The van der Waals surface area contributed by atoms with Gasteiger partial charge in [-0.3, -0.25) is 14.9 Å². The second-order valence-corrected chi connectivity index (χ2v) is 6.80. The zero-order valence-corrected chi connectivity index (χ0v) is 14.7. The molecule has 0 fully saturated rings. The first kappa shape index (κ1) is 16.9. The topological polar surface area (TPSA) is 103 Å². The molecule has 0 saturated carbocycles. The van der Waals surface area contributed by atoms with Crippen molar-refractivity contribution in [3.05, 3.63) is 81.9 Å². The minimum absolute atomic E-state index is 0.166. The van der Waals surface area contributed by atoms with Crippen LogP contribution in [-0.2, 0) is 6.54 Å². The van der Waals surface area contributed by atoms with E-state index >= 15 is 0 Å². The Kier molecular flexibility index (Phi) is 4.35. The van der Waals surface area contributed by atoms with E-state index in [1.165, 1.54) is 40.6 Å². The number of carbonyl (C=O) groups is 1. The van der Waals surface area contributed by atoms with Crippen LogP contribution in [0.5, 0.6) is 0 Å². The third-order valence-corrected chi connectivity index (χ3v) is 4.99. The van der Waals surface area contributed by atoms with Crippen molar-refractivity contribution in [2.75, 3.05) is 0 Å². The van der Waals surface area contributed by atoms with E-state index in [1.807, 2.05) is 24.3 Å². The summed E-state index contributed by atoms with van der Waals surface area (Å²) in [6.07, 6.45) is 4.60. The zero-order valence-electron chi connectivity index (χ0n) is 13.9. The van der Waals surface area contributed by atoms with Crippen molar-refractivity contribution < 1.29 is 9.72 Å². The number of hydrogen-bond donors (Lipinski definition) is 1. The lowest BCUT2D eigenvalue weighted by Gasteiger charge is -2.07. The Bertz CT molecular complexity index is 1100. The van der Waals surface area contributed by atoms with Crippen LogP contribution in [0.1, 0.15) is 15.4 Å². The molecule has 2 aromatic carbocycles. The Hall–Kier alpha value is -3.59. The van der Waals surface area contributed by atoms with E-state index in [2.05, 4.69) is 15.3 Å². The van der Waals surface area contributed by atoms with Crippen LogP contribution in [0.25, 0.3) is 15.9 Å². The van der Waals surface area contributed by atoms with Crippen LogP contribution >= 0.6 is 11.3 Å². The number of para-hydroxylation sites is 1. The van der Waals surface area contributed by atoms with Crippen molar-refractivity contribution in [1.29, 1.82) is 0 Å². The number of nitrogens with one attached hydrogen (secondary N) is 1. The molecule has 4 aromatic rings. The molecule has 0 radical (unpaired) electrons. The molecule has 0 bridgehead atoms. The molecule has 0 spiro atoms. The van der Waals surface area contributed by atoms with Gasteiger partial charge in [-0.2, -0.15) is 0 Å².